The van der Waals surface area contributed by atoms with Gasteiger partial charge in [0.05, 0.1) is 0 Å². The molecule has 64 valence electrons. The molecule has 0 spiro atoms. The second-order valence-corrected chi connectivity index (χ2v) is 3.74. The van der Waals surface area contributed by atoms with E-state index < -0.39 is 0 Å². The highest BCUT2D eigenvalue weighted by Gasteiger charge is 2.21. The first kappa shape index (κ1) is 7.93. The summed E-state index contributed by atoms with van der Waals surface area (Å²) in [4.78, 5) is 0. The molecule has 0 heterocycles. The van der Waals surface area contributed by atoms with Gasteiger partial charge in [-0.2, -0.15) is 0 Å². The van der Waals surface area contributed by atoms with Crippen molar-refractivity contribution in [2.24, 2.45) is 0 Å². The molecule has 2 heteroatoms. The highest BCUT2D eigenvalue weighted by atomic mass is 35.5. The fourth-order valence-corrected chi connectivity index (χ4v) is 1.39. The number of hydrogen-bond acceptors (Lipinski definition) is 1. The molecule has 0 radical (unpaired) electrons. The lowest BCUT2D eigenvalue weighted by Gasteiger charge is -2.08. The van der Waals surface area contributed by atoms with Gasteiger partial charge in [0, 0.05) is 16.8 Å². The summed E-state index contributed by atoms with van der Waals surface area (Å²) in [7, 11) is 0. The number of anilines is 1. The summed E-state index contributed by atoms with van der Waals surface area (Å²) in [6, 6.07) is 6.69. The van der Waals surface area contributed by atoms with E-state index in [1.165, 1.54) is 18.5 Å². The number of nitrogens with one attached hydrogen (secondary N) is 1. The summed E-state index contributed by atoms with van der Waals surface area (Å²) in [6.07, 6.45) is 2.60. The smallest absolute Gasteiger partial charge is 0.0455 e. The van der Waals surface area contributed by atoms with Gasteiger partial charge in [-0.3, -0.25) is 0 Å². The molecule has 1 aromatic carbocycles. The Kier molecular flexibility index (Phi) is 1.97. The predicted octanol–water partition coefficient (Wildman–Crippen LogP) is 3.22. The molecule has 1 aromatic rings. The summed E-state index contributed by atoms with van der Waals surface area (Å²) < 4.78 is 0. The van der Waals surface area contributed by atoms with E-state index >= 15 is 0 Å². The second kappa shape index (κ2) is 2.98. The van der Waals surface area contributed by atoms with E-state index in [2.05, 4.69) is 11.4 Å². The SMILES string of the molecule is Cc1c(Cl)cccc1NC1CC1. The zero-order chi connectivity index (χ0) is 8.55. The van der Waals surface area contributed by atoms with Crippen LogP contribution in [-0.2, 0) is 0 Å². The maximum Gasteiger partial charge on any atom is 0.0455 e. The van der Waals surface area contributed by atoms with Crippen LogP contribution in [0.25, 0.3) is 0 Å². The van der Waals surface area contributed by atoms with Gasteiger partial charge in [-0.1, -0.05) is 17.7 Å². The quantitative estimate of drug-likeness (QED) is 0.739. The van der Waals surface area contributed by atoms with Crippen LogP contribution >= 0.6 is 11.6 Å². The van der Waals surface area contributed by atoms with Crippen LogP contribution < -0.4 is 5.32 Å². The molecule has 0 aliphatic heterocycles. The number of benzene rings is 1. The van der Waals surface area contributed by atoms with Crippen LogP contribution in [0.4, 0.5) is 5.69 Å². The fraction of sp³-hybridized carbons (Fsp3) is 0.400. The Bertz CT molecular complexity index is 292. The van der Waals surface area contributed by atoms with Gasteiger partial charge in [0.2, 0.25) is 0 Å². The van der Waals surface area contributed by atoms with Crippen molar-refractivity contribution in [1.82, 2.24) is 0 Å². The number of halogens is 1. The molecule has 0 bridgehead atoms. The van der Waals surface area contributed by atoms with Gasteiger partial charge in [-0.05, 0) is 37.5 Å². The summed E-state index contributed by atoms with van der Waals surface area (Å²) in [5.41, 5.74) is 2.34. The summed E-state index contributed by atoms with van der Waals surface area (Å²) in [5, 5.41) is 4.29. The Labute approximate surface area is 77.7 Å². The zero-order valence-electron chi connectivity index (χ0n) is 7.10. The average molecular weight is 182 g/mol. The zero-order valence-corrected chi connectivity index (χ0v) is 7.86. The molecule has 1 nitrogen and oxygen atoms in total. The van der Waals surface area contributed by atoms with Crippen molar-refractivity contribution in [3.8, 4) is 0 Å². The van der Waals surface area contributed by atoms with Gasteiger partial charge >= 0.3 is 0 Å². The van der Waals surface area contributed by atoms with Crippen molar-refractivity contribution in [2.45, 2.75) is 25.8 Å². The van der Waals surface area contributed by atoms with Crippen molar-refractivity contribution < 1.29 is 0 Å². The highest BCUT2D eigenvalue weighted by Crippen LogP contribution is 2.29. The third-order valence-electron chi connectivity index (χ3n) is 2.20. The standard InChI is InChI=1S/C10H12ClN/c1-7-9(11)3-2-4-10(7)12-8-5-6-8/h2-4,8,12H,5-6H2,1H3. The van der Waals surface area contributed by atoms with Crippen molar-refractivity contribution in [3.05, 3.63) is 28.8 Å². The molecule has 12 heavy (non-hydrogen) atoms. The first-order valence-corrected chi connectivity index (χ1v) is 4.67. The third kappa shape index (κ3) is 1.56. The lowest BCUT2D eigenvalue weighted by Crippen LogP contribution is -2.02. The molecule has 2 rings (SSSR count). The Morgan fingerprint density at radius 3 is 2.83 bits per heavy atom. The van der Waals surface area contributed by atoms with Crippen LogP contribution in [-0.4, -0.2) is 6.04 Å². The first-order chi connectivity index (χ1) is 5.77. The average Bonchev–Trinajstić information content (AvgIpc) is 2.83. The van der Waals surface area contributed by atoms with Crippen LogP contribution in [0.2, 0.25) is 5.02 Å². The molecule has 1 N–H and O–H groups in total. The molecule has 1 aliphatic carbocycles. The minimum atomic E-state index is 0.696. The van der Waals surface area contributed by atoms with Gasteiger partial charge in [0.15, 0.2) is 0 Å². The molecule has 0 aromatic heterocycles. The Morgan fingerprint density at radius 1 is 1.42 bits per heavy atom. The van der Waals surface area contributed by atoms with E-state index in [0.29, 0.717) is 6.04 Å². The van der Waals surface area contributed by atoms with Crippen LogP contribution in [0.1, 0.15) is 18.4 Å². The summed E-state index contributed by atoms with van der Waals surface area (Å²) in [6.45, 7) is 2.05. The second-order valence-electron chi connectivity index (χ2n) is 3.33. The van der Waals surface area contributed by atoms with E-state index in [1.807, 2.05) is 19.1 Å². The molecule has 0 saturated heterocycles. The first-order valence-electron chi connectivity index (χ1n) is 4.29. The Morgan fingerprint density at radius 2 is 2.17 bits per heavy atom. The van der Waals surface area contributed by atoms with Crippen molar-refractivity contribution in [1.29, 1.82) is 0 Å². The third-order valence-corrected chi connectivity index (χ3v) is 2.61. The topological polar surface area (TPSA) is 12.0 Å². The molecule has 0 unspecified atom stereocenters. The van der Waals surface area contributed by atoms with Gasteiger partial charge in [-0.25, -0.2) is 0 Å². The molecule has 1 aliphatic rings. The molecule has 1 fully saturated rings. The largest absolute Gasteiger partial charge is 0.382 e. The molecule has 0 amide bonds. The van der Waals surface area contributed by atoms with Gasteiger partial charge in [0.1, 0.15) is 0 Å². The molecular weight excluding hydrogens is 170 g/mol. The van der Waals surface area contributed by atoms with E-state index in [1.54, 1.807) is 0 Å². The van der Waals surface area contributed by atoms with Crippen molar-refractivity contribution >= 4 is 17.3 Å². The lowest BCUT2D eigenvalue weighted by molar-refractivity contribution is 1.15. The van der Waals surface area contributed by atoms with Gasteiger partial charge < -0.3 is 5.32 Å². The minimum absolute atomic E-state index is 0.696. The van der Waals surface area contributed by atoms with Crippen LogP contribution in [0, 0.1) is 6.92 Å². The Hall–Kier alpha value is -0.690. The normalized spacial score (nSPS) is 16.2. The van der Waals surface area contributed by atoms with Gasteiger partial charge in [-0.15, -0.1) is 0 Å². The van der Waals surface area contributed by atoms with E-state index in [4.69, 9.17) is 11.6 Å². The number of hydrogen-bond donors (Lipinski definition) is 1. The maximum atomic E-state index is 5.98. The number of rotatable bonds is 2. The van der Waals surface area contributed by atoms with Crippen molar-refractivity contribution in [2.75, 3.05) is 5.32 Å². The summed E-state index contributed by atoms with van der Waals surface area (Å²) >= 11 is 5.98. The minimum Gasteiger partial charge on any atom is -0.382 e. The molecular formula is C10H12ClN. The predicted molar refractivity (Wildman–Crippen MR) is 52.8 cm³/mol. The monoisotopic (exact) mass is 181 g/mol. The molecule has 1 saturated carbocycles. The molecule has 0 atom stereocenters. The van der Waals surface area contributed by atoms with Crippen LogP contribution in [0.5, 0.6) is 0 Å². The van der Waals surface area contributed by atoms with E-state index in [-0.39, 0.29) is 0 Å². The lowest BCUT2D eigenvalue weighted by atomic mass is 10.2. The van der Waals surface area contributed by atoms with E-state index in [9.17, 15) is 0 Å². The maximum absolute atomic E-state index is 5.98. The van der Waals surface area contributed by atoms with Crippen LogP contribution in [0.15, 0.2) is 18.2 Å². The van der Waals surface area contributed by atoms with Crippen molar-refractivity contribution in [3.63, 3.8) is 0 Å². The summed E-state index contributed by atoms with van der Waals surface area (Å²) in [5.74, 6) is 0. The highest BCUT2D eigenvalue weighted by molar-refractivity contribution is 6.31. The van der Waals surface area contributed by atoms with E-state index in [0.717, 1.165) is 10.6 Å². The van der Waals surface area contributed by atoms with Gasteiger partial charge in [0.25, 0.3) is 0 Å². The Balaban J connectivity index is 2.23. The van der Waals surface area contributed by atoms with Crippen LogP contribution in [0.3, 0.4) is 0 Å². The fourth-order valence-electron chi connectivity index (χ4n) is 1.21.